The fraction of sp³-hybridized carbons (Fsp3) is 0. The van der Waals surface area contributed by atoms with Gasteiger partial charge in [-0.25, -0.2) is 0 Å². The van der Waals surface area contributed by atoms with E-state index in [-0.39, 0.29) is 11.6 Å². The average Bonchev–Trinajstić information content (AvgIpc) is 3.13. The van der Waals surface area contributed by atoms with Crippen LogP contribution in [0.15, 0.2) is 71.8 Å². The molecule has 4 aromatic rings. The Hall–Kier alpha value is -3.54. The van der Waals surface area contributed by atoms with Crippen molar-refractivity contribution in [1.82, 2.24) is 15.1 Å². The van der Waals surface area contributed by atoms with Gasteiger partial charge in [0.15, 0.2) is 11.5 Å². The highest BCUT2D eigenvalue weighted by Crippen LogP contribution is 2.24. The van der Waals surface area contributed by atoms with Crippen LogP contribution < -0.4 is 5.32 Å². The molecule has 3 heterocycles. The van der Waals surface area contributed by atoms with Gasteiger partial charge in [-0.1, -0.05) is 17.3 Å². The topological polar surface area (TPSA) is 80.9 Å². The van der Waals surface area contributed by atoms with Crippen LogP contribution >= 0.6 is 0 Å². The summed E-state index contributed by atoms with van der Waals surface area (Å²) < 4.78 is 5.24. The van der Waals surface area contributed by atoms with Gasteiger partial charge in [-0.2, -0.15) is 0 Å². The average molecular weight is 316 g/mol. The number of hydrogen-bond donors (Lipinski definition) is 1. The summed E-state index contributed by atoms with van der Waals surface area (Å²) in [6, 6.07) is 12.7. The van der Waals surface area contributed by atoms with Gasteiger partial charge >= 0.3 is 0 Å². The first-order valence-electron chi connectivity index (χ1n) is 7.32. The number of benzene rings is 1. The lowest BCUT2D eigenvalue weighted by molar-refractivity contribution is 0.101. The molecule has 0 aliphatic carbocycles. The fourth-order valence-electron chi connectivity index (χ4n) is 2.44. The van der Waals surface area contributed by atoms with Gasteiger partial charge < -0.3 is 9.84 Å². The van der Waals surface area contributed by atoms with Gasteiger partial charge in [-0.3, -0.25) is 14.8 Å². The summed E-state index contributed by atoms with van der Waals surface area (Å²) in [4.78, 5) is 20.5. The zero-order valence-corrected chi connectivity index (χ0v) is 12.5. The maximum atomic E-state index is 12.4. The zero-order valence-electron chi connectivity index (χ0n) is 12.5. The number of carbonyl (C=O) groups excluding carboxylic acids is 1. The highest BCUT2D eigenvalue weighted by molar-refractivity contribution is 6.08. The third-order valence-electron chi connectivity index (χ3n) is 3.62. The molecular formula is C18H12N4O2. The number of nitrogens with zero attached hydrogens (tertiary/aromatic N) is 3. The van der Waals surface area contributed by atoms with Crippen molar-refractivity contribution in [2.45, 2.75) is 0 Å². The SMILES string of the molecule is O=C(Nc1cccc2cnccc12)c1cc(-c2cccnc2)on1. The smallest absolute Gasteiger partial charge is 0.277 e. The van der Waals surface area contributed by atoms with Crippen LogP contribution in [0.2, 0.25) is 0 Å². The molecule has 1 aromatic carbocycles. The number of nitrogens with one attached hydrogen (secondary N) is 1. The monoisotopic (exact) mass is 316 g/mol. The Morgan fingerprint density at radius 3 is 2.79 bits per heavy atom. The molecule has 0 saturated heterocycles. The van der Waals surface area contributed by atoms with E-state index in [1.165, 1.54) is 0 Å². The number of amides is 1. The summed E-state index contributed by atoms with van der Waals surface area (Å²) in [5, 5.41) is 8.57. The standard InChI is InChI=1S/C18H12N4O2/c23-18(16-9-17(24-22-16)13-4-2-7-19-11-13)21-15-5-1-3-12-10-20-8-6-14(12)15/h1-11H,(H,21,23). The Kier molecular flexibility index (Phi) is 3.47. The van der Waals surface area contributed by atoms with E-state index >= 15 is 0 Å². The lowest BCUT2D eigenvalue weighted by Gasteiger charge is -2.06. The van der Waals surface area contributed by atoms with Crippen molar-refractivity contribution in [3.8, 4) is 11.3 Å². The Bertz CT molecular complexity index is 1010. The van der Waals surface area contributed by atoms with Gasteiger partial charge in [0.25, 0.3) is 5.91 Å². The Labute approximate surface area is 137 Å². The van der Waals surface area contributed by atoms with Crippen LogP contribution in [-0.2, 0) is 0 Å². The van der Waals surface area contributed by atoms with E-state index in [0.29, 0.717) is 11.4 Å². The summed E-state index contributed by atoms with van der Waals surface area (Å²) in [5.74, 6) is 0.161. The first kappa shape index (κ1) is 14.1. The quantitative estimate of drug-likeness (QED) is 0.625. The molecule has 3 aromatic heterocycles. The van der Waals surface area contributed by atoms with Crippen LogP contribution in [0.25, 0.3) is 22.1 Å². The van der Waals surface area contributed by atoms with Gasteiger partial charge in [0.1, 0.15) is 0 Å². The number of anilines is 1. The molecule has 0 spiro atoms. The minimum absolute atomic E-state index is 0.208. The Morgan fingerprint density at radius 2 is 1.92 bits per heavy atom. The number of carbonyl (C=O) groups is 1. The summed E-state index contributed by atoms with van der Waals surface area (Å²) in [6.07, 6.45) is 6.76. The van der Waals surface area contributed by atoms with Crippen LogP contribution in [-0.4, -0.2) is 21.0 Å². The van der Waals surface area contributed by atoms with Crippen LogP contribution in [0.3, 0.4) is 0 Å². The Balaban J connectivity index is 1.62. The maximum absolute atomic E-state index is 12.4. The largest absolute Gasteiger partial charge is 0.355 e. The van der Waals surface area contributed by atoms with Gasteiger partial charge in [-0.15, -0.1) is 0 Å². The van der Waals surface area contributed by atoms with Crippen LogP contribution in [0.4, 0.5) is 5.69 Å². The summed E-state index contributed by atoms with van der Waals surface area (Å²) in [5.41, 5.74) is 1.67. The lowest BCUT2D eigenvalue weighted by atomic mass is 10.1. The molecule has 6 heteroatoms. The number of fused-ring (bicyclic) bond motifs is 1. The van der Waals surface area contributed by atoms with Gasteiger partial charge in [0.05, 0.1) is 0 Å². The molecule has 0 aliphatic heterocycles. The van der Waals surface area contributed by atoms with Crippen molar-refractivity contribution in [3.05, 3.63) is 72.9 Å². The van der Waals surface area contributed by atoms with Crippen LogP contribution in [0.5, 0.6) is 0 Å². The molecule has 0 fully saturated rings. The van der Waals surface area contributed by atoms with Crippen molar-refractivity contribution in [2.24, 2.45) is 0 Å². The van der Waals surface area contributed by atoms with Gasteiger partial charge in [-0.05, 0) is 24.3 Å². The highest BCUT2D eigenvalue weighted by atomic mass is 16.5. The molecule has 4 rings (SSSR count). The zero-order chi connectivity index (χ0) is 16.4. The predicted octanol–water partition coefficient (Wildman–Crippen LogP) is 3.54. The van der Waals surface area contributed by atoms with E-state index in [2.05, 4.69) is 20.4 Å². The summed E-state index contributed by atoms with van der Waals surface area (Å²) in [7, 11) is 0. The normalized spacial score (nSPS) is 10.7. The molecule has 0 saturated carbocycles. The minimum atomic E-state index is -0.335. The number of rotatable bonds is 3. The van der Waals surface area contributed by atoms with Crippen LogP contribution in [0, 0.1) is 0 Å². The maximum Gasteiger partial charge on any atom is 0.277 e. The van der Waals surface area contributed by atoms with E-state index < -0.39 is 0 Å². The molecule has 1 N–H and O–H groups in total. The molecule has 6 nitrogen and oxygen atoms in total. The van der Waals surface area contributed by atoms with Crippen LogP contribution in [0.1, 0.15) is 10.5 Å². The van der Waals surface area contributed by atoms with E-state index in [0.717, 1.165) is 16.3 Å². The molecule has 0 radical (unpaired) electrons. The fourth-order valence-corrected chi connectivity index (χ4v) is 2.44. The summed E-state index contributed by atoms with van der Waals surface area (Å²) in [6.45, 7) is 0. The molecule has 0 atom stereocenters. The second-order valence-electron chi connectivity index (χ2n) is 5.17. The molecule has 0 bridgehead atoms. The van der Waals surface area contributed by atoms with Crippen molar-refractivity contribution in [3.63, 3.8) is 0 Å². The van der Waals surface area contributed by atoms with Crippen molar-refractivity contribution in [1.29, 1.82) is 0 Å². The van der Waals surface area contributed by atoms with Gasteiger partial charge in [0, 0.05) is 52.9 Å². The third kappa shape index (κ3) is 2.61. The molecule has 116 valence electrons. The minimum Gasteiger partial charge on any atom is -0.355 e. The molecule has 1 amide bonds. The van der Waals surface area contributed by atoms with Crippen molar-refractivity contribution < 1.29 is 9.32 Å². The number of hydrogen-bond acceptors (Lipinski definition) is 5. The molecule has 24 heavy (non-hydrogen) atoms. The lowest BCUT2D eigenvalue weighted by Crippen LogP contribution is -2.12. The molecule has 0 aliphatic rings. The number of pyridine rings is 2. The second kappa shape index (κ2) is 5.92. The molecule has 0 unspecified atom stereocenters. The summed E-state index contributed by atoms with van der Waals surface area (Å²) >= 11 is 0. The third-order valence-corrected chi connectivity index (χ3v) is 3.62. The second-order valence-corrected chi connectivity index (χ2v) is 5.17. The predicted molar refractivity (Wildman–Crippen MR) is 89.4 cm³/mol. The first-order valence-corrected chi connectivity index (χ1v) is 7.32. The van der Waals surface area contributed by atoms with Crippen molar-refractivity contribution >= 4 is 22.4 Å². The first-order chi connectivity index (χ1) is 11.8. The number of aromatic nitrogens is 3. The van der Waals surface area contributed by atoms with E-state index in [1.54, 1.807) is 36.9 Å². The van der Waals surface area contributed by atoms with E-state index in [1.807, 2.05) is 30.3 Å². The van der Waals surface area contributed by atoms with Crippen molar-refractivity contribution in [2.75, 3.05) is 5.32 Å². The highest BCUT2D eigenvalue weighted by Gasteiger charge is 2.15. The van der Waals surface area contributed by atoms with E-state index in [4.69, 9.17) is 4.52 Å². The van der Waals surface area contributed by atoms with E-state index in [9.17, 15) is 4.79 Å². The molecular weight excluding hydrogens is 304 g/mol. The van der Waals surface area contributed by atoms with Gasteiger partial charge in [0.2, 0.25) is 0 Å². The Morgan fingerprint density at radius 1 is 1.00 bits per heavy atom.